The molecule has 1 heterocycles. The Balaban J connectivity index is 1.42. The molecule has 1 saturated heterocycles. The number of hydrogen-bond donors (Lipinski definition) is 0. The summed E-state index contributed by atoms with van der Waals surface area (Å²) in [7, 11) is 1.66. The maximum atomic E-state index is 13.3. The van der Waals surface area contributed by atoms with Gasteiger partial charge in [-0.05, 0) is 60.5 Å². The molecule has 0 saturated carbocycles. The van der Waals surface area contributed by atoms with Crippen LogP contribution in [0.25, 0.3) is 0 Å². The third kappa shape index (κ3) is 5.19. The van der Waals surface area contributed by atoms with Crippen LogP contribution >= 0.6 is 0 Å². The van der Waals surface area contributed by atoms with Crippen LogP contribution < -0.4 is 14.4 Å². The Morgan fingerprint density at radius 1 is 0.906 bits per heavy atom. The number of halogens is 1. The van der Waals surface area contributed by atoms with Crippen LogP contribution in [0.5, 0.6) is 11.5 Å². The number of nitrogens with zero attached hydrogens (tertiary/aromatic N) is 2. The molecule has 166 valence electrons. The number of amides is 1. The molecule has 5 nitrogen and oxygen atoms in total. The molecule has 1 fully saturated rings. The Labute approximate surface area is 188 Å². The van der Waals surface area contributed by atoms with Crippen molar-refractivity contribution in [1.82, 2.24) is 4.90 Å². The molecule has 1 aliphatic heterocycles. The second kappa shape index (κ2) is 10.2. The third-order valence-corrected chi connectivity index (χ3v) is 5.65. The first-order chi connectivity index (χ1) is 15.6. The Bertz CT molecular complexity index is 1040. The zero-order chi connectivity index (χ0) is 22.3. The second-order valence-electron chi connectivity index (χ2n) is 7.74. The number of methoxy groups -OCH3 is 1. The molecule has 0 aromatic heterocycles. The lowest BCUT2D eigenvalue weighted by molar-refractivity contribution is 0.0762. The van der Waals surface area contributed by atoms with Crippen molar-refractivity contribution in [3.8, 4) is 11.5 Å². The average molecular weight is 435 g/mol. The van der Waals surface area contributed by atoms with Crippen LogP contribution in [0.15, 0.2) is 72.8 Å². The van der Waals surface area contributed by atoms with E-state index < -0.39 is 0 Å². The molecule has 0 spiro atoms. The molecule has 3 aromatic carbocycles. The van der Waals surface area contributed by atoms with E-state index in [2.05, 4.69) is 17.0 Å². The number of benzene rings is 3. The predicted molar refractivity (Wildman–Crippen MR) is 123 cm³/mol. The first-order valence-electron chi connectivity index (χ1n) is 10.8. The van der Waals surface area contributed by atoms with Crippen LogP contribution in [0.2, 0.25) is 0 Å². The number of carbonyl (C=O) groups excluding carboxylic acids is 1. The van der Waals surface area contributed by atoms with E-state index in [0.717, 1.165) is 36.5 Å². The van der Waals surface area contributed by atoms with E-state index in [9.17, 15) is 9.18 Å². The van der Waals surface area contributed by atoms with Gasteiger partial charge in [0.1, 0.15) is 23.9 Å². The van der Waals surface area contributed by atoms with Gasteiger partial charge in [-0.1, -0.05) is 24.3 Å². The smallest absolute Gasteiger partial charge is 0.257 e. The summed E-state index contributed by atoms with van der Waals surface area (Å²) in [5.41, 5.74) is 2.52. The van der Waals surface area contributed by atoms with Crippen molar-refractivity contribution < 1.29 is 18.7 Å². The van der Waals surface area contributed by atoms with Crippen LogP contribution in [-0.4, -0.2) is 44.1 Å². The summed E-state index contributed by atoms with van der Waals surface area (Å²) in [5, 5.41) is 0. The van der Waals surface area contributed by atoms with Crippen LogP contribution in [-0.2, 0) is 6.61 Å². The largest absolute Gasteiger partial charge is 0.497 e. The summed E-state index contributed by atoms with van der Waals surface area (Å²) in [6.45, 7) is 3.25. The van der Waals surface area contributed by atoms with Crippen molar-refractivity contribution in [1.29, 1.82) is 0 Å². The summed E-state index contributed by atoms with van der Waals surface area (Å²) < 4.78 is 24.3. The molecule has 6 heteroatoms. The molecule has 0 N–H and O–H groups in total. The number of ether oxygens (including phenoxy) is 2. The molecular formula is C26H27FN2O3. The maximum Gasteiger partial charge on any atom is 0.257 e. The molecule has 1 amide bonds. The minimum atomic E-state index is -0.283. The van der Waals surface area contributed by atoms with Gasteiger partial charge in [0, 0.05) is 31.9 Å². The van der Waals surface area contributed by atoms with Crippen molar-refractivity contribution in [3.63, 3.8) is 0 Å². The molecule has 0 aliphatic carbocycles. The Kier molecular flexibility index (Phi) is 6.90. The molecule has 1 aliphatic rings. The Hall–Kier alpha value is -3.54. The normalized spacial score (nSPS) is 14.1. The first-order valence-corrected chi connectivity index (χ1v) is 10.8. The van der Waals surface area contributed by atoms with E-state index in [1.54, 1.807) is 31.4 Å². The minimum absolute atomic E-state index is 0.0312. The molecule has 3 aromatic rings. The van der Waals surface area contributed by atoms with Crippen molar-refractivity contribution in [2.24, 2.45) is 0 Å². The van der Waals surface area contributed by atoms with Gasteiger partial charge in [-0.3, -0.25) is 4.79 Å². The van der Waals surface area contributed by atoms with Gasteiger partial charge in [-0.15, -0.1) is 0 Å². The van der Waals surface area contributed by atoms with Crippen LogP contribution in [0.4, 0.5) is 10.1 Å². The number of rotatable bonds is 6. The van der Waals surface area contributed by atoms with Crippen molar-refractivity contribution in [2.75, 3.05) is 38.2 Å². The summed E-state index contributed by atoms with van der Waals surface area (Å²) in [4.78, 5) is 17.5. The zero-order valence-electron chi connectivity index (χ0n) is 18.2. The molecule has 0 radical (unpaired) electrons. The number of hydrogen-bond acceptors (Lipinski definition) is 4. The zero-order valence-corrected chi connectivity index (χ0v) is 18.2. The van der Waals surface area contributed by atoms with Gasteiger partial charge >= 0.3 is 0 Å². The highest BCUT2D eigenvalue weighted by Gasteiger charge is 2.23. The van der Waals surface area contributed by atoms with Gasteiger partial charge < -0.3 is 19.3 Å². The van der Waals surface area contributed by atoms with E-state index in [0.29, 0.717) is 24.4 Å². The van der Waals surface area contributed by atoms with Gasteiger partial charge in [0.25, 0.3) is 5.91 Å². The van der Waals surface area contributed by atoms with Gasteiger partial charge in [0.05, 0.1) is 12.7 Å². The van der Waals surface area contributed by atoms with E-state index in [1.165, 1.54) is 12.1 Å². The number of para-hydroxylation sites is 1. The van der Waals surface area contributed by atoms with Gasteiger partial charge in [0.15, 0.2) is 0 Å². The monoisotopic (exact) mass is 434 g/mol. The van der Waals surface area contributed by atoms with Crippen LogP contribution in [0, 0.1) is 5.82 Å². The van der Waals surface area contributed by atoms with E-state index in [-0.39, 0.29) is 18.3 Å². The van der Waals surface area contributed by atoms with E-state index >= 15 is 0 Å². The van der Waals surface area contributed by atoms with E-state index in [4.69, 9.17) is 9.47 Å². The summed E-state index contributed by atoms with van der Waals surface area (Å²) in [5.74, 6) is 1.06. The van der Waals surface area contributed by atoms with Crippen molar-refractivity contribution in [3.05, 3.63) is 89.7 Å². The number of carbonyl (C=O) groups is 1. The van der Waals surface area contributed by atoms with Crippen molar-refractivity contribution >= 4 is 11.6 Å². The average Bonchev–Trinajstić information content (AvgIpc) is 3.10. The molecular weight excluding hydrogens is 407 g/mol. The molecule has 0 atom stereocenters. The lowest BCUT2D eigenvalue weighted by Gasteiger charge is -2.24. The highest BCUT2D eigenvalue weighted by atomic mass is 19.1. The van der Waals surface area contributed by atoms with Crippen molar-refractivity contribution in [2.45, 2.75) is 13.0 Å². The standard InChI is InChI=1S/C26H27FN2O3/c1-31-23-13-11-22(12-14-23)28-15-4-16-29(18-17-28)26(30)24-5-2-3-6-25(24)32-19-20-7-9-21(27)10-8-20/h2-3,5-14H,4,15-19H2,1H3. The fourth-order valence-electron chi connectivity index (χ4n) is 3.85. The van der Waals surface area contributed by atoms with Crippen LogP contribution in [0.1, 0.15) is 22.3 Å². The lowest BCUT2D eigenvalue weighted by atomic mass is 10.1. The molecule has 4 rings (SSSR count). The van der Waals surface area contributed by atoms with Gasteiger partial charge in [-0.25, -0.2) is 4.39 Å². The lowest BCUT2D eigenvalue weighted by Crippen LogP contribution is -2.35. The third-order valence-electron chi connectivity index (χ3n) is 5.65. The summed E-state index contributed by atoms with van der Waals surface area (Å²) in [6, 6.07) is 21.5. The summed E-state index contributed by atoms with van der Waals surface area (Å²) in [6.07, 6.45) is 0.885. The van der Waals surface area contributed by atoms with Gasteiger partial charge in [0.2, 0.25) is 0 Å². The van der Waals surface area contributed by atoms with E-state index in [1.807, 2.05) is 29.2 Å². The van der Waals surface area contributed by atoms with Gasteiger partial charge in [-0.2, -0.15) is 0 Å². The predicted octanol–water partition coefficient (Wildman–Crippen LogP) is 4.77. The number of anilines is 1. The second-order valence-corrected chi connectivity index (χ2v) is 7.74. The quantitative estimate of drug-likeness (QED) is 0.561. The fourth-order valence-corrected chi connectivity index (χ4v) is 3.85. The Morgan fingerprint density at radius 2 is 1.66 bits per heavy atom. The molecule has 32 heavy (non-hydrogen) atoms. The highest BCUT2D eigenvalue weighted by molar-refractivity contribution is 5.97. The fraction of sp³-hybridized carbons (Fsp3) is 0.269. The summed E-state index contributed by atoms with van der Waals surface area (Å²) >= 11 is 0. The molecule has 0 unspecified atom stereocenters. The van der Waals surface area contributed by atoms with Crippen LogP contribution in [0.3, 0.4) is 0 Å². The maximum absolute atomic E-state index is 13.3. The minimum Gasteiger partial charge on any atom is -0.497 e. The topological polar surface area (TPSA) is 42.0 Å². The SMILES string of the molecule is COc1ccc(N2CCCN(C(=O)c3ccccc3OCc3ccc(F)cc3)CC2)cc1. The Morgan fingerprint density at radius 3 is 2.41 bits per heavy atom. The molecule has 0 bridgehead atoms. The highest BCUT2D eigenvalue weighted by Crippen LogP contribution is 2.24. The first kappa shape index (κ1) is 21.7.